The summed E-state index contributed by atoms with van der Waals surface area (Å²) < 4.78 is 1.78. The van der Waals surface area contributed by atoms with Crippen LogP contribution in [-0.2, 0) is 23.1 Å². The molecule has 0 unspecified atom stereocenters. The van der Waals surface area contributed by atoms with Gasteiger partial charge in [-0.1, -0.05) is 49.7 Å². The lowest BCUT2D eigenvalue weighted by Crippen LogP contribution is -2.41. The molecule has 2 aromatic rings. The number of para-hydroxylation sites is 1. The summed E-state index contributed by atoms with van der Waals surface area (Å²) in [4.78, 5) is 24.7. The maximum absolute atomic E-state index is 12.4. The smallest absolute Gasteiger partial charge is 0.232 e. The predicted octanol–water partition coefficient (Wildman–Crippen LogP) is 3.09. The number of thioether (sulfide) groups is 1. The number of hydrogen-bond donors (Lipinski definition) is 2. The van der Waals surface area contributed by atoms with Gasteiger partial charge in [0.2, 0.25) is 11.8 Å². The van der Waals surface area contributed by atoms with E-state index in [2.05, 4.69) is 27.8 Å². The summed E-state index contributed by atoms with van der Waals surface area (Å²) in [6.45, 7) is 4.15. The summed E-state index contributed by atoms with van der Waals surface area (Å²) in [5.74, 6) is 1.28. The van der Waals surface area contributed by atoms with Gasteiger partial charge in [-0.3, -0.25) is 9.59 Å². The molecule has 3 rings (SSSR count). The lowest BCUT2D eigenvalue weighted by Gasteiger charge is -2.29. The minimum absolute atomic E-state index is 0.0237. The van der Waals surface area contributed by atoms with Crippen molar-refractivity contribution >= 4 is 29.3 Å². The first kappa shape index (κ1) is 21.4. The van der Waals surface area contributed by atoms with E-state index < -0.39 is 0 Å². The first-order valence-electron chi connectivity index (χ1n) is 10.1. The van der Waals surface area contributed by atoms with Crippen molar-refractivity contribution in [2.75, 3.05) is 11.1 Å². The number of carbonyl (C=O) groups is 2. The first-order valence-corrected chi connectivity index (χ1v) is 11.1. The van der Waals surface area contributed by atoms with Crippen molar-refractivity contribution in [3.05, 3.63) is 35.7 Å². The Morgan fingerprint density at radius 3 is 2.69 bits per heavy atom. The Kier molecular flexibility index (Phi) is 7.30. The highest BCUT2D eigenvalue weighted by Gasteiger charge is 2.23. The zero-order valence-corrected chi connectivity index (χ0v) is 18.1. The SMILES string of the molecule is Cc1ccccc1NC(=O)Cc1nnc(SCC(=O)N[C@@H]2CCCC[C@@H]2C)n1C. The molecule has 0 radical (unpaired) electrons. The number of nitrogens with one attached hydrogen (secondary N) is 2. The summed E-state index contributed by atoms with van der Waals surface area (Å²) in [6.07, 6.45) is 4.79. The second-order valence-electron chi connectivity index (χ2n) is 7.72. The number of hydrogen-bond acceptors (Lipinski definition) is 5. The van der Waals surface area contributed by atoms with Crippen LogP contribution >= 0.6 is 11.8 Å². The Hall–Kier alpha value is -2.35. The van der Waals surface area contributed by atoms with Crippen LogP contribution in [0.3, 0.4) is 0 Å². The van der Waals surface area contributed by atoms with E-state index in [1.54, 1.807) is 4.57 Å². The van der Waals surface area contributed by atoms with Crippen molar-refractivity contribution < 1.29 is 9.59 Å². The fourth-order valence-corrected chi connectivity index (χ4v) is 4.33. The van der Waals surface area contributed by atoms with E-state index >= 15 is 0 Å². The van der Waals surface area contributed by atoms with E-state index in [1.807, 2.05) is 38.2 Å². The van der Waals surface area contributed by atoms with Crippen LogP contribution in [0.2, 0.25) is 0 Å². The molecular formula is C21H29N5O2S. The molecule has 1 aliphatic rings. The van der Waals surface area contributed by atoms with Crippen molar-refractivity contribution in [3.8, 4) is 0 Å². The number of rotatable bonds is 7. The minimum Gasteiger partial charge on any atom is -0.352 e. The molecular weight excluding hydrogens is 386 g/mol. The standard InChI is InChI=1S/C21H29N5O2S/c1-14-8-4-6-10-16(14)22-19(27)12-18-24-25-21(26(18)3)29-13-20(28)23-17-11-7-5-9-15(17)2/h4,6,8,10,15,17H,5,7,9,11-13H2,1-3H3,(H,22,27)(H,23,28)/t15-,17+/m0/s1. The predicted molar refractivity (Wildman–Crippen MR) is 115 cm³/mol. The Morgan fingerprint density at radius 2 is 1.93 bits per heavy atom. The summed E-state index contributed by atoms with van der Waals surface area (Å²) in [6, 6.07) is 7.92. The molecule has 2 N–H and O–H groups in total. The van der Waals surface area contributed by atoms with Gasteiger partial charge in [-0.05, 0) is 37.3 Å². The molecule has 1 saturated carbocycles. The van der Waals surface area contributed by atoms with Crippen LogP contribution in [0.15, 0.2) is 29.4 Å². The highest BCUT2D eigenvalue weighted by Crippen LogP contribution is 2.24. The number of amides is 2. The molecule has 0 spiro atoms. The van der Waals surface area contributed by atoms with Gasteiger partial charge in [0, 0.05) is 18.8 Å². The quantitative estimate of drug-likeness (QED) is 0.679. The maximum atomic E-state index is 12.4. The van der Waals surface area contributed by atoms with Gasteiger partial charge in [-0.25, -0.2) is 0 Å². The average molecular weight is 416 g/mol. The van der Waals surface area contributed by atoms with Gasteiger partial charge >= 0.3 is 0 Å². The van der Waals surface area contributed by atoms with Crippen LogP contribution in [0, 0.1) is 12.8 Å². The molecule has 0 bridgehead atoms. The number of aromatic nitrogens is 3. The molecule has 8 heteroatoms. The van der Waals surface area contributed by atoms with Crippen LogP contribution in [0.25, 0.3) is 0 Å². The molecule has 156 valence electrons. The zero-order chi connectivity index (χ0) is 20.8. The van der Waals surface area contributed by atoms with Crippen molar-refractivity contribution in [1.82, 2.24) is 20.1 Å². The third-order valence-electron chi connectivity index (χ3n) is 5.45. The molecule has 2 amide bonds. The summed E-state index contributed by atoms with van der Waals surface area (Å²) in [5.41, 5.74) is 1.80. The molecule has 2 atom stereocenters. The Balaban J connectivity index is 1.50. The van der Waals surface area contributed by atoms with Crippen LogP contribution in [0.5, 0.6) is 0 Å². The minimum atomic E-state index is -0.143. The van der Waals surface area contributed by atoms with Gasteiger partial charge in [0.1, 0.15) is 5.82 Å². The van der Waals surface area contributed by atoms with Crippen molar-refractivity contribution in [3.63, 3.8) is 0 Å². The van der Waals surface area contributed by atoms with Crippen molar-refractivity contribution in [2.24, 2.45) is 13.0 Å². The van der Waals surface area contributed by atoms with E-state index in [9.17, 15) is 9.59 Å². The molecule has 7 nitrogen and oxygen atoms in total. The van der Waals surface area contributed by atoms with Gasteiger partial charge in [0.05, 0.1) is 12.2 Å². The van der Waals surface area contributed by atoms with Crippen LogP contribution in [0.4, 0.5) is 5.69 Å². The van der Waals surface area contributed by atoms with E-state index in [0.717, 1.165) is 17.7 Å². The highest BCUT2D eigenvalue weighted by atomic mass is 32.2. The number of nitrogens with zero attached hydrogens (tertiary/aromatic N) is 3. The largest absolute Gasteiger partial charge is 0.352 e. The highest BCUT2D eigenvalue weighted by molar-refractivity contribution is 7.99. The lowest BCUT2D eigenvalue weighted by molar-refractivity contribution is -0.120. The number of aryl methyl sites for hydroxylation is 1. The van der Waals surface area contributed by atoms with Crippen LogP contribution in [0.1, 0.15) is 44.0 Å². The normalized spacial score (nSPS) is 19.0. The average Bonchev–Trinajstić information content (AvgIpc) is 3.03. The van der Waals surface area contributed by atoms with Gasteiger partial charge < -0.3 is 15.2 Å². The monoisotopic (exact) mass is 415 g/mol. The number of benzene rings is 1. The van der Waals surface area contributed by atoms with E-state index in [0.29, 0.717) is 22.7 Å². The Morgan fingerprint density at radius 1 is 1.17 bits per heavy atom. The van der Waals surface area contributed by atoms with E-state index in [-0.39, 0.29) is 24.3 Å². The van der Waals surface area contributed by atoms with Crippen molar-refractivity contribution in [1.29, 1.82) is 0 Å². The van der Waals surface area contributed by atoms with Crippen molar-refractivity contribution in [2.45, 2.75) is 57.1 Å². The van der Waals surface area contributed by atoms with E-state index in [1.165, 1.54) is 31.0 Å². The third-order valence-corrected chi connectivity index (χ3v) is 6.47. The fourth-order valence-electron chi connectivity index (χ4n) is 3.59. The number of anilines is 1. The summed E-state index contributed by atoms with van der Waals surface area (Å²) >= 11 is 1.34. The van der Waals surface area contributed by atoms with Crippen LogP contribution in [-0.4, -0.2) is 38.4 Å². The molecule has 1 aliphatic carbocycles. The summed E-state index contributed by atoms with van der Waals surface area (Å²) in [7, 11) is 1.82. The van der Waals surface area contributed by atoms with Gasteiger partial charge in [0.25, 0.3) is 0 Å². The second-order valence-corrected chi connectivity index (χ2v) is 8.66. The second kappa shape index (κ2) is 9.91. The topological polar surface area (TPSA) is 88.9 Å². The molecule has 1 aromatic carbocycles. The van der Waals surface area contributed by atoms with Gasteiger partial charge in [-0.2, -0.15) is 0 Å². The van der Waals surface area contributed by atoms with Gasteiger partial charge in [-0.15, -0.1) is 10.2 Å². The van der Waals surface area contributed by atoms with Crippen LogP contribution < -0.4 is 10.6 Å². The zero-order valence-electron chi connectivity index (χ0n) is 17.3. The molecule has 29 heavy (non-hydrogen) atoms. The number of carbonyl (C=O) groups excluding carboxylic acids is 2. The fraction of sp³-hybridized carbons (Fsp3) is 0.524. The summed E-state index contributed by atoms with van der Waals surface area (Å²) in [5, 5.41) is 15.0. The molecule has 0 aliphatic heterocycles. The Labute approximate surface area is 176 Å². The molecule has 1 aromatic heterocycles. The Bertz CT molecular complexity index is 867. The first-order chi connectivity index (χ1) is 13.9. The van der Waals surface area contributed by atoms with E-state index in [4.69, 9.17) is 0 Å². The lowest BCUT2D eigenvalue weighted by atomic mass is 9.86. The maximum Gasteiger partial charge on any atom is 0.232 e. The molecule has 0 saturated heterocycles. The van der Waals surface area contributed by atoms with Gasteiger partial charge in [0.15, 0.2) is 5.16 Å². The molecule has 1 heterocycles. The third kappa shape index (κ3) is 5.82. The molecule has 1 fully saturated rings.